The lowest BCUT2D eigenvalue weighted by molar-refractivity contribution is -0.125. The number of anilines is 2. The highest BCUT2D eigenvalue weighted by molar-refractivity contribution is 7.18. The molecule has 5 amide bonds. The number of halogens is 3. The van der Waals surface area contributed by atoms with Gasteiger partial charge in [0.2, 0.25) is 5.91 Å². The molecule has 1 aliphatic rings. The number of morpholine rings is 1. The van der Waals surface area contributed by atoms with E-state index in [2.05, 4.69) is 21.3 Å². The van der Waals surface area contributed by atoms with Gasteiger partial charge in [0, 0.05) is 36.6 Å². The third-order valence-corrected chi connectivity index (χ3v) is 6.28. The molecule has 0 bridgehead atoms. The molecule has 10 nitrogen and oxygen atoms in total. The summed E-state index contributed by atoms with van der Waals surface area (Å²) in [6, 6.07) is 4.88. The van der Waals surface area contributed by atoms with Crippen molar-refractivity contribution in [2.45, 2.75) is 19.4 Å². The largest absolute Gasteiger partial charge is 0.370 e. The first-order valence-corrected chi connectivity index (χ1v) is 12.1. The third kappa shape index (κ3) is 7.12. The van der Waals surface area contributed by atoms with Crippen LogP contribution >= 0.6 is 22.9 Å². The van der Waals surface area contributed by atoms with Gasteiger partial charge in [0.15, 0.2) is 0 Å². The van der Waals surface area contributed by atoms with E-state index < -0.39 is 35.9 Å². The molecule has 3 rings (SSSR count). The van der Waals surface area contributed by atoms with Crippen LogP contribution in [-0.4, -0.2) is 62.6 Å². The van der Waals surface area contributed by atoms with Crippen LogP contribution in [0.4, 0.5) is 25.0 Å². The molecule has 1 atom stereocenters. The Kier molecular flexibility index (Phi) is 9.56. The predicted octanol–water partition coefficient (Wildman–Crippen LogP) is 2.76. The minimum Gasteiger partial charge on any atom is -0.370 e. The lowest BCUT2D eigenvalue weighted by Crippen LogP contribution is -2.53. The fourth-order valence-electron chi connectivity index (χ4n) is 3.32. The molecule has 194 valence electrons. The standard InChI is InChI=1S/C22H24ClF2N5O5S/c1-2-26-22(34)29-15(10-27-21(33)16-5-6-17(23)36-16)20(32)28-14-4-3-12(9-13(14)19(24)25)30-7-8-35-11-18(30)31/h3-6,9,15,19H,2,7-8,10-11H2,1H3,(H,27,33)(H,28,32)(H2,26,29,34)/t15-/m1/s1. The van der Waals surface area contributed by atoms with Crippen molar-refractivity contribution in [2.24, 2.45) is 0 Å². The molecule has 0 unspecified atom stereocenters. The zero-order chi connectivity index (χ0) is 26.2. The summed E-state index contributed by atoms with van der Waals surface area (Å²) < 4.78 is 33.2. The topological polar surface area (TPSA) is 129 Å². The van der Waals surface area contributed by atoms with Crippen LogP contribution < -0.4 is 26.2 Å². The maximum atomic E-state index is 13.9. The second-order valence-electron chi connectivity index (χ2n) is 7.53. The van der Waals surface area contributed by atoms with Crippen molar-refractivity contribution < 1.29 is 32.7 Å². The van der Waals surface area contributed by atoms with Crippen LogP contribution in [0.3, 0.4) is 0 Å². The Morgan fingerprint density at radius 3 is 2.61 bits per heavy atom. The molecule has 14 heteroatoms. The van der Waals surface area contributed by atoms with Crippen LogP contribution in [0.15, 0.2) is 30.3 Å². The smallest absolute Gasteiger partial charge is 0.315 e. The zero-order valence-electron chi connectivity index (χ0n) is 19.1. The SMILES string of the molecule is CCNC(=O)N[C@H](CNC(=O)c1ccc(Cl)s1)C(=O)Nc1ccc(N2CCOCC2=O)cc1C(F)F. The van der Waals surface area contributed by atoms with Gasteiger partial charge in [0.05, 0.1) is 15.8 Å². The number of urea groups is 1. The second-order valence-corrected chi connectivity index (χ2v) is 9.24. The van der Waals surface area contributed by atoms with Gasteiger partial charge in [-0.15, -0.1) is 11.3 Å². The number of ether oxygens (including phenoxy) is 1. The number of rotatable bonds is 9. The van der Waals surface area contributed by atoms with Crippen LogP contribution in [0.2, 0.25) is 4.34 Å². The lowest BCUT2D eigenvalue weighted by atomic mass is 10.1. The fraction of sp³-hybridized carbons (Fsp3) is 0.364. The van der Waals surface area contributed by atoms with E-state index in [4.69, 9.17) is 16.3 Å². The number of hydrogen-bond donors (Lipinski definition) is 4. The van der Waals surface area contributed by atoms with Crippen molar-refractivity contribution in [2.75, 3.05) is 43.1 Å². The van der Waals surface area contributed by atoms with Crippen LogP contribution in [0.5, 0.6) is 0 Å². The van der Waals surface area contributed by atoms with Gasteiger partial charge < -0.3 is 30.9 Å². The normalized spacial score (nSPS) is 14.4. The van der Waals surface area contributed by atoms with Gasteiger partial charge in [0.1, 0.15) is 12.6 Å². The van der Waals surface area contributed by atoms with Gasteiger partial charge in [-0.1, -0.05) is 11.6 Å². The molecule has 1 aliphatic heterocycles. The van der Waals surface area contributed by atoms with Crippen molar-refractivity contribution in [3.8, 4) is 0 Å². The molecular weight excluding hydrogens is 520 g/mol. The van der Waals surface area contributed by atoms with Crippen molar-refractivity contribution in [3.63, 3.8) is 0 Å². The number of benzene rings is 1. The molecule has 1 saturated heterocycles. The molecule has 1 aromatic heterocycles. The van der Waals surface area contributed by atoms with Gasteiger partial charge in [0.25, 0.3) is 18.2 Å². The molecule has 1 fully saturated rings. The third-order valence-electron chi connectivity index (χ3n) is 5.05. The van der Waals surface area contributed by atoms with Crippen molar-refractivity contribution >= 4 is 58.1 Å². The monoisotopic (exact) mass is 543 g/mol. The van der Waals surface area contributed by atoms with E-state index in [1.165, 1.54) is 29.2 Å². The average molecular weight is 544 g/mol. The molecule has 1 aromatic carbocycles. The Labute approximate surface area is 214 Å². The summed E-state index contributed by atoms with van der Waals surface area (Å²) in [4.78, 5) is 51.1. The molecule has 0 saturated carbocycles. The molecule has 0 radical (unpaired) electrons. The van der Waals surface area contributed by atoms with Crippen LogP contribution in [-0.2, 0) is 14.3 Å². The Morgan fingerprint density at radius 1 is 1.19 bits per heavy atom. The molecular formula is C22H24ClF2N5O5S. The molecule has 2 aromatic rings. The number of hydrogen-bond acceptors (Lipinski definition) is 6. The number of carbonyl (C=O) groups is 4. The van der Waals surface area contributed by atoms with Gasteiger partial charge >= 0.3 is 6.03 Å². The maximum Gasteiger partial charge on any atom is 0.315 e. The summed E-state index contributed by atoms with van der Waals surface area (Å²) in [5, 5.41) is 9.80. The summed E-state index contributed by atoms with van der Waals surface area (Å²) in [6.45, 7) is 1.95. The summed E-state index contributed by atoms with van der Waals surface area (Å²) in [7, 11) is 0. The van der Waals surface area contributed by atoms with Crippen LogP contribution in [0.25, 0.3) is 0 Å². The van der Waals surface area contributed by atoms with E-state index in [1.54, 1.807) is 6.92 Å². The minimum atomic E-state index is -2.96. The highest BCUT2D eigenvalue weighted by atomic mass is 35.5. The molecule has 2 heterocycles. The van der Waals surface area contributed by atoms with E-state index in [1.807, 2.05) is 0 Å². The van der Waals surface area contributed by atoms with Crippen molar-refractivity contribution in [1.29, 1.82) is 0 Å². The van der Waals surface area contributed by atoms with E-state index in [0.29, 0.717) is 9.21 Å². The molecule has 36 heavy (non-hydrogen) atoms. The number of nitrogens with one attached hydrogen (secondary N) is 4. The lowest BCUT2D eigenvalue weighted by Gasteiger charge is -2.28. The number of thiophene rings is 1. The van der Waals surface area contributed by atoms with E-state index in [9.17, 15) is 28.0 Å². The molecule has 0 aliphatic carbocycles. The van der Waals surface area contributed by atoms with E-state index >= 15 is 0 Å². The van der Waals surface area contributed by atoms with E-state index in [-0.39, 0.29) is 50.1 Å². The van der Waals surface area contributed by atoms with Gasteiger partial charge in [-0.05, 0) is 37.3 Å². The average Bonchev–Trinajstić information content (AvgIpc) is 3.28. The first kappa shape index (κ1) is 27.3. The predicted molar refractivity (Wildman–Crippen MR) is 131 cm³/mol. The Bertz CT molecular complexity index is 1130. The Morgan fingerprint density at radius 2 is 1.97 bits per heavy atom. The molecule has 0 spiro atoms. The summed E-state index contributed by atoms with van der Waals surface area (Å²) in [5.74, 6) is -1.72. The minimum absolute atomic E-state index is 0.154. The highest BCUT2D eigenvalue weighted by Crippen LogP contribution is 2.32. The Balaban J connectivity index is 1.77. The second kappa shape index (κ2) is 12.6. The first-order chi connectivity index (χ1) is 17.2. The Hall–Kier alpha value is -3.29. The van der Waals surface area contributed by atoms with E-state index in [0.717, 1.165) is 17.4 Å². The summed E-state index contributed by atoms with van der Waals surface area (Å²) in [6.07, 6.45) is -2.96. The summed E-state index contributed by atoms with van der Waals surface area (Å²) in [5.41, 5.74) is -0.455. The first-order valence-electron chi connectivity index (χ1n) is 10.9. The fourth-order valence-corrected chi connectivity index (χ4v) is 4.28. The number of carbonyl (C=O) groups excluding carboxylic acids is 4. The number of nitrogens with zero attached hydrogens (tertiary/aromatic N) is 1. The van der Waals surface area contributed by atoms with Gasteiger partial charge in [-0.3, -0.25) is 14.4 Å². The van der Waals surface area contributed by atoms with Crippen LogP contribution in [0, 0.1) is 0 Å². The maximum absolute atomic E-state index is 13.9. The van der Waals surface area contributed by atoms with Crippen molar-refractivity contribution in [3.05, 3.63) is 45.1 Å². The van der Waals surface area contributed by atoms with Gasteiger partial charge in [-0.25, -0.2) is 13.6 Å². The van der Waals surface area contributed by atoms with Crippen molar-refractivity contribution in [1.82, 2.24) is 16.0 Å². The number of alkyl halides is 2. The van der Waals surface area contributed by atoms with Crippen LogP contribution in [0.1, 0.15) is 28.6 Å². The highest BCUT2D eigenvalue weighted by Gasteiger charge is 2.26. The molecule has 4 N–H and O–H groups in total. The zero-order valence-corrected chi connectivity index (χ0v) is 20.7. The number of amides is 5. The van der Waals surface area contributed by atoms with Gasteiger partial charge in [-0.2, -0.15) is 0 Å². The quantitative estimate of drug-likeness (QED) is 0.386. The summed E-state index contributed by atoms with van der Waals surface area (Å²) >= 11 is 6.87.